The highest BCUT2D eigenvalue weighted by molar-refractivity contribution is 5.99. The number of aromatic nitrogens is 3. The fourth-order valence-corrected chi connectivity index (χ4v) is 9.24. The largest absolute Gasteiger partial charge is 0.370 e. The molecule has 2 aliphatic rings. The highest BCUT2D eigenvalue weighted by atomic mass is 16.2. The van der Waals surface area contributed by atoms with Gasteiger partial charge in [0.1, 0.15) is 42.3 Å². The predicted octanol–water partition coefficient (Wildman–Crippen LogP) is -1.02. The Morgan fingerprint density at radius 1 is 0.813 bits per heavy atom. The number of aliphatic imine (C=N–C) groups is 1. The number of H-pyrrole nitrogens is 2. The lowest BCUT2D eigenvalue weighted by molar-refractivity contribution is -0.145. The number of guanidine groups is 1. The minimum Gasteiger partial charge on any atom is -0.370 e. The third-order valence-electron chi connectivity index (χ3n) is 13.2. The number of unbranched alkanes of at least 4 members (excludes halogenated alkanes) is 1. The number of aromatic amines is 2. The molecule has 15 N–H and O–H groups in total. The molecule has 75 heavy (non-hydrogen) atoms. The number of imidazole rings is 1. The lowest BCUT2D eigenvalue weighted by atomic mass is 9.92. The molecule has 0 saturated carbocycles. The molecule has 4 aromatic rings. The van der Waals surface area contributed by atoms with E-state index in [9.17, 15) is 38.4 Å². The van der Waals surface area contributed by atoms with Gasteiger partial charge in [0.25, 0.3) is 0 Å². The second-order valence-electron chi connectivity index (χ2n) is 18.9. The monoisotopic (exact) mass is 1040 g/mol. The number of nitrogens with two attached hydrogens (primary N) is 3. The average Bonchev–Trinajstić information content (AvgIpc) is 4.06. The van der Waals surface area contributed by atoms with Gasteiger partial charge in [-0.25, -0.2) is 4.98 Å². The van der Waals surface area contributed by atoms with Crippen molar-refractivity contribution in [3.63, 3.8) is 0 Å². The second-order valence-corrected chi connectivity index (χ2v) is 18.9. The summed E-state index contributed by atoms with van der Waals surface area (Å²) in [6, 6.07) is 5.41. The molecular formula is C51H69N15O9. The van der Waals surface area contributed by atoms with Gasteiger partial charge in [-0.3, -0.25) is 48.1 Å². The van der Waals surface area contributed by atoms with Gasteiger partial charge in [0, 0.05) is 74.8 Å². The van der Waals surface area contributed by atoms with E-state index in [0.29, 0.717) is 29.7 Å². The molecule has 2 aromatic carbocycles. The Kier molecular flexibility index (Phi) is 20.2. The van der Waals surface area contributed by atoms with E-state index in [2.05, 4.69) is 57.2 Å². The first-order valence-electron chi connectivity index (χ1n) is 25.3. The Morgan fingerprint density at radius 2 is 1.53 bits per heavy atom. The molecule has 1 saturated heterocycles. The number of hydrogen-bond donors (Lipinski definition) is 12. The Morgan fingerprint density at radius 3 is 2.25 bits per heavy atom. The highest BCUT2D eigenvalue weighted by Crippen LogP contribution is 2.26. The number of hydrogen-bond acceptors (Lipinski definition) is 11. The average molecular weight is 1040 g/mol. The number of para-hydroxylation sites is 1. The number of nitrogens with zero attached hydrogens (tertiary/aromatic N) is 3. The molecule has 0 unspecified atom stereocenters. The predicted molar refractivity (Wildman–Crippen MR) is 276 cm³/mol. The maximum Gasteiger partial charge on any atom is 0.246 e. The van der Waals surface area contributed by atoms with Gasteiger partial charge in [0.15, 0.2) is 5.96 Å². The maximum absolute atomic E-state index is 15.2. The van der Waals surface area contributed by atoms with E-state index in [1.165, 1.54) is 24.3 Å². The summed E-state index contributed by atoms with van der Waals surface area (Å²) >= 11 is 0. The molecule has 2 aliphatic heterocycles. The zero-order valence-corrected chi connectivity index (χ0v) is 42.2. The SMILES string of the molecule is CCCC[C@H](NC(C)=O)C(=O)N[C@H]1CC(=O)NCCCC[C@@H](C(N)=O)NC(=O)[C@H](Cc2c[nH]c3ccccc23)NC(=O)[C@H](CCCN=C(N)N)NC(=O)[C@H]2Cc3ccccc3CN2C(=O)[C@H](Cc2cnc[nH]2)NC1=O. The summed E-state index contributed by atoms with van der Waals surface area (Å²) in [5.41, 5.74) is 20.4. The number of primary amides is 1. The van der Waals surface area contributed by atoms with Crippen molar-refractivity contribution in [3.8, 4) is 0 Å². The maximum atomic E-state index is 15.2. The van der Waals surface area contributed by atoms with Gasteiger partial charge in [-0.15, -0.1) is 0 Å². The Bertz CT molecular complexity index is 2700. The van der Waals surface area contributed by atoms with Crippen molar-refractivity contribution in [1.82, 2.24) is 57.1 Å². The van der Waals surface area contributed by atoms with Gasteiger partial charge in [-0.05, 0) is 61.3 Å². The summed E-state index contributed by atoms with van der Waals surface area (Å²) < 4.78 is 0. The van der Waals surface area contributed by atoms with Gasteiger partial charge in [0.2, 0.25) is 53.2 Å². The van der Waals surface area contributed by atoms with Crippen LogP contribution in [0.5, 0.6) is 0 Å². The number of carbonyl (C=O) groups excluding carboxylic acids is 9. The fourth-order valence-electron chi connectivity index (χ4n) is 9.24. The zero-order valence-electron chi connectivity index (χ0n) is 42.2. The first kappa shape index (κ1) is 56.0. The Labute approximate surface area is 433 Å². The van der Waals surface area contributed by atoms with Gasteiger partial charge in [0.05, 0.1) is 12.7 Å². The third kappa shape index (κ3) is 16.1. The van der Waals surface area contributed by atoms with Crippen LogP contribution in [0.4, 0.5) is 0 Å². The highest BCUT2D eigenvalue weighted by Gasteiger charge is 2.41. The Balaban J connectivity index is 1.40. The van der Waals surface area contributed by atoms with Gasteiger partial charge in [-0.1, -0.05) is 62.2 Å². The van der Waals surface area contributed by atoms with E-state index in [4.69, 9.17) is 17.2 Å². The molecular weight excluding hydrogens is 967 g/mol. The van der Waals surface area contributed by atoms with Gasteiger partial charge >= 0.3 is 0 Å². The molecule has 0 bridgehead atoms. The molecule has 0 aliphatic carbocycles. The van der Waals surface area contributed by atoms with Crippen LogP contribution in [0.25, 0.3) is 10.9 Å². The van der Waals surface area contributed by atoms with E-state index in [1.54, 1.807) is 24.4 Å². The van der Waals surface area contributed by atoms with E-state index >= 15 is 4.79 Å². The van der Waals surface area contributed by atoms with Crippen LogP contribution in [0.1, 0.15) is 94.0 Å². The summed E-state index contributed by atoms with van der Waals surface area (Å²) in [5.74, 6) is -6.77. The number of nitrogens with one attached hydrogen (secondary N) is 9. The summed E-state index contributed by atoms with van der Waals surface area (Å²) in [6.45, 7) is 3.19. The van der Waals surface area contributed by atoms with Crippen LogP contribution in [0, 0.1) is 0 Å². The molecule has 0 spiro atoms. The number of amides is 9. The standard InChI is InChI=1S/C51H69N15O9/c1-3-4-15-37(60-29(2)67)45(70)64-40-24-43(68)56-19-10-9-17-36(44(52)69)61-47(72)39(21-32-25-58-35-16-8-7-14-34(32)35)63-46(71)38(18-11-20-57-51(53)54)62-49(74)42-22-30-12-5-6-13-31(30)27-66(42)50(75)41(65-48(40)73)23-33-26-55-28-59-33/h5-8,12-14,16,25-26,28,36-42,58H,3-4,9-11,15,17-24,27H2,1-2H3,(H2,52,69)(H,55,59)(H,56,68)(H,60,67)(H,61,72)(H,62,74)(H,63,71)(H,64,70)(H,65,73)(H4,53,54,57)/t36-,37-,38-,39-,40-,41-,42+/m0/s1. The van der Waals surface area contributed by atoms with Gasteiger partial charge in [-0.2, -0.15) is 0 Å². The lowest BCUT2D eigenvalue weighted by Gasteiger charge is -2.39. The van der Waals surface area contributed by atoms with Crippen molar-refractivity contribution in [1.29, 1.82) is 0 Å². The molecule has 9 amide bonds. The first-order valence-corrected chi connectivity index (χ1v) is 25.3. The quantitative estimate of drug-likeness (QED) is 0.0387. The number of fused-ring (bicyclic) bond motifs is 3. The van der Waals surface area contributed by atoms with Crippen molar-refractivity contribution < 1.29 is 43.2 Å². The van der Waals surface area contributed by atoms with Crippen LogP contribution >= 0.6 is 0 Å². The van der Waals surface area contributed by atoms with Crippen molar-refractivity contribution in [2.24, 2.45) is 22.2 Å². The number of rotatable bonds is 15. The van der Waals surface area contributed by atoms with Crippen LogP contribution in [0.2, 0.25) is 0 Å². The second kappa shape index (κ2) is 27.1. The molecule has 0 radical (unpaired) electrons. The van der Waals surface area contributed by atoms with Crippen LogP contribution in [-0.4, -0.2) is 134 Å². The van der Waals surface area contributed by atoms with Crippen molar-refractivity contribution in [2.45, 2.75) is 140 Å². The Hall–Kier alpha value is -8.31. The smallest absolute Gasteiger partial charge is 0.246 e. The molecule has 7 atom stereocenters. The van der Waals surface area contributed by atoms with Crippen LogP contribution in [0.3, 0.4) is 0 Å². The van der Waals surface area contributed by atoms with E-state index in [0.717, 1.165) is 16.5 Å². The lowest BCUT2D eigenvalue weighted by Crippen LogP contribution is -2.62. The molecule has 24 heteroatoms. The van der Waals surface area contributed by atoms with Crippen molar-refractivity contribution >= 4 is 70.0 Å². The molecule has 6 rings (SSSR count). The van der Waals surface area contributed by atoms with Crippen LogP contribution < -0.4 is 54.4 Å². The van der Waals surface area contributed by atoms with E-state index in [-0.39, 0.29) is 83.4 Å². The van der Waals surface area contributed by atoms with Crippen LogP contribution in [-0.2, 0) is 69.0 Å². The fraction of sp³-hybridized carbons (Fsp3) is 0.471. The number of carbonyl (C=O) groups is 9. The first-order chi connectivity index (χ1) is 36.0. The molecule has 402 valence electrons. The summed E-state index contributed by atoms with van der Waals surface area (Å²) in [5, 5.41) is 19.9. The van der Waals surface area contributed by atoms with E-state index < -0.39 is 102 Å². The number of benzene rings is 2. The summed E-state index contributed by atoms with van der Waals surface area (Å²) in [6.07, 6.45) is 5.98. The molecule has 4 heterocycles. The summed E-state index contributed by atoms with van der Waals surface area (Å²) in [7, 11) is 0. The normalized spacial score (nSPS) is 21.9. The topological polar surface area (TPSA) is 376 Å². The molecule has 2 aromatic heterocycles. The molecule has 24 nitrogen and oxygen atoms in total. The van der Waals surface area contributed by atoms with Crippen molar-refractivity contribution in [3.05, 3.63) is 89.6 Å². The summed E-state index contributed by atoms with van der Waals surface area (Å²) in [4.78, 5) is 142. The van der Waals surface area contributed by atoms with Gasteiger partial charge < -0.3 is 69.3 Å². The van der Waals surface area contributed by atoms with E-state index in [1.807, 2.05) is 37.3 Å². The van der Waals surface area contributed by atoms with Crippen LogP contribution in [0.15, 0.2) is 72.2 Å². The third-order valence-corrected chi connectivity index (χ3v) is 13.2. The molecule has 1 fully saturated rings. The van der Waals surface area contributed by atoms with Crippen molar-refractivity contribution in [2.75, 3.05) is 13.1 Å². The zero-order chi connectivity index (χ0) is 54.0. The minimum atomic E-state index is -1.57. The minimum absolute atomic E-state index is 0.0118.